The summed E-state index contributed by atoms with van der Waals surface area (Å²) in [5.74, 6) is 1.49. The molecule has 4 aromatic rings. The SMILES string of the molecule is CNc1ncc2cc(-c3cc(C(=O)Nc4ccc(Cl)c(OCC5CCN(C)CC5)c4)ccc3C)ccc2n1. The standard InChI is InChI=1S/C30H32ClN5O2/c1-19-4-5-22(15-25(19)21-6-9-27-23(14-21)17-33-30(32-2)35-27)29(37)34-24-7-8-26(31)28(16-24)38-18-20-10-12-36(3)13-11-20/h4-9,14-17,20H,10-13,18H2,1-3H3,(H,34,37)(H,32,33,35). The van der Waals surface area contributed by atoms with Gasteiger partial charge in [-0.15, -0.1) is 0 Å². The van der Waals surface area contributed by atoms with Gasteiger partial charge in [0.25, 0.3) is 5.91 Å². The first kappa shape index (κ1) is 25.9. The molecular formula is C30H32ClN5O2. The lowest BCUT2D eigenvalue weighted by molar-refractivity contribution is 0.102. The Morgan fingerprint density at radius 3 is 2.71 bits per heavy atom. The summed E-state index contributed by atoms with van der Waals surface area (Å²) >= 11 is 6.40. The van der Waals surface area contributed by atoms with Gasteiger partial charge in [-0.3, -0.25) is 4.79 Å². The molecule has 5 rings (SSSR count). The highest BCUT2D eigenvalue weighted by molar-refractivity contribution is 6.32. The molecule has 1 aliphatic heterocycles. The first-order valence-electron chi connectivity index (χ1n) is 12.9. The zero-order valence-corrected chi connectivity index (χ0v) is 22.7. The number of benzene rings is 3. The van der Waals surface area contributed by atoms with Gasteiger partial charge < -0.3 is 20.3 Å². The lowest BCUT2D eigenvalue weighted by Gasteiger charge is -2.28. The number of fused-ring (bicyclic) bond motifs is 1. The molecule has 3 aromatic carbocycles. The molecule has 2 heterocycles. The number of anilines is 2. The Morgan fingerprint density at radius 1 is 1.11 bits per heavy atom. The van der Waals surface area contributed by atoms with Gasteiger partial charge in [0, 0.05) is 35.9 Å². The molecule has 0 atom stereocenters. The fraction of sp³-hybridized carbons (Fsp3) is 0.300. The van der Waals surface area contributed by atoms with Crippen LogP contribution in [0.4, 0.5) is 11.6 Å². The van der Waals surface area contributed by atoms with Crippen LogP contribution in [0.3, 0.4) is 0 Å². The van der Waals surface area contributed by atoms with Crippen LogP contribution in [0.5, 0.6) is 5.75 Å². The summed E-state index contributed by atoms with van der Waals surface area (Å²) < 4.78 is 6.07. The number of likely N-dealkylation sites (tertiary alicyclic amines) is 1. The Bertz CT molecular complexity index is 1470. The highest BCUT2D eigenvalue weighted by Crippen LogP contribution is 2.31. The molecule has 1 aromatic heterocycles. The lowest BCUT2D eigenvalue weighted by Crippen LogP contribution is -2.32. The van der Waals surface area contributed by atoms with Gasteiger partial charge in [-0.1, -0.05) is 23.7 Å². The number of carbonyl (C=O) groups is 1. The molecule has 0 aliphatic carbocycles. The molecule has 196 valence electrons. The van der Waals surface area contributed by atoms with Crippen molar-refractivity contribution in [1.82, 2.24) is 14.9 Å². The van der Waals surface area contributed by atoms with Crippen molar-refractivity contribution in [3.8, 4) is 16.9 Å². The maximum absolute atomic E-state index is 13.2. The quantitative estimate of drug-likeness (QED) is 0.293. The summed E-state index contributed by atoms with van der Waals surface area (Å²) in [6, 6.07) is 17.1. The average molecular weight is 530 g/mol. The molecule has 2 N–H and O–H groups in total. The van der Waals surface area contributed by atoms with E-state index in [0.29, 0.717) is 40.5 Å². The van der Waals surface area contributed by atoms with Crippen LogP contribution in [0, 0.1) is 12.8 Å². The molecule has 0 unspecified atom stereocenters. The number of hydrogen-bond acceptors (Lipinski definition) is 6. The maximum Gasteiger partial charge on any atom is 0.255 e. The number of piperidine rings is 1. The van der Waals surface area contributed by atoms with Crippen molar-refractivity contribution in [2.24, 2.45) is 5.92 Å². The molecule has 1 fully saturated rings. The summed E-state index contributed by atoms with van der Waals surface area (Å²) in [7, 11) is 3.94. The Balaban J connectivity index is 1.31. The highest BCUT2D eigenvalue weighted by Gasteiger charge is 2.18. The zero-order valence-electron chi connectivity index (χ0n) is 21.9. The van der Waals surface area contributed by atoms with E-state index >= 15 is 0 Å². The number of rotatable bonds is 7. The van der Waals surface area contributed by atoms with E-state index < -0.39 is 0 Å². The van der Waals surface area contributed by atoms with Crippen molar-refractivity contribution in [1.29, 1.82) is 0 Å². The third kappa shape index (κ3) is 5.90. The van der Waals surface area contributed by atoms with Gasteiger partial charge in [-0.2, -0.15) is 0 Å². The summed E-state index contributed by atoms with van der Waals surface area (Å²) in [6.07, 6.45) is 4.03. The summed E-state index contributed by atoms with van der Waals surface area (Å²) in [6.45, 7) is 4.83. The van der Waals surface area contributed by atoms with Crippen LogP contribution in [0.25, 0.3) is 22.0 Å². The van der Waals surface area contributed by atoms with Crippen LogP contribution in [0.2, 0.25) is 5.02 Å². The Hall–Kier alpha value is -3.68. The minimum atomic E-state index is -0.197. The van der Waals surface area contributed by atoms with Gasteiger partial charge in [0.15, 0.2) is 0 Å². The van der Waals surface area contributed by atoms with E-state index in [1.165, 1.54) is 0 Å². The van der Waals surface area contributed by atoms with Crippen molar-refractivity contribution in [2.45, 2.75) is 19.8 Å². The van der Waals surface area contributed by atoms with E-state index in [1.54, 1.807) is 31.4 Å². The third-order valence-electron chi connectivity index (χ3n) is 7.12. The van der Waals surface area contributed by atoms with Crippen LogP contribution >= 0.6 is 11.6 Å². The minimum absolute atomic E-state index is 0.197. The van der Waals surface area contributed by atoms with Crippen molar-refractivity contribution in [3.63, 3.8) is 0 Å². The first-order valence-corrected chi connectivity index (χ1v) is 13.3. The summed E-state index contributed by atoms with van der Waals surface area (Å²) in [5.41, 5.74) is 5.12. The molecule has 1 amide bonds. The van der Waals surface area contributed by atoms with Crippen LogP contribution in [-0.4, -0.2) is 54.6 Å². The Kier molecular flexibility index (Phi) is 7.77. The number of ether oxygens (including phenoxy) is 1. The number of aryl methyl sites for hydroxylation is 1. The molecule has 0 spiro atoms. The van der Waals surface area contributed by atoms with E-state index in [1.807, 2.05) is 43.3 Å². The molecular weight excluding hydrogens is 498 g/mol. The predicted octanol–water partition coefficient (Wildman–Crippen LogP) is 6.27. The highest BCUT2D eigenvalue weighted by atomic mass is 35.5. The van der Waals surface area contributed by atoms with Crippen LogP contribution in [-0.2, 0) is 0 Å². The summed E-state index contributed by atoms with van der Waals surface area (Å²) in [5, 5.41) is 7.43. The summed E-state index contributed by atoms with van der Waals surface area (Å²) in [4.78, 5) is 24.4. The van der Waals surface area contributed by atoms with Gasteiger partial charge in [-0.25, -0.2) is 9.97 Å². The number of halogens is 1. The Morgan fingerprint density at radius 2 is 1.92 bits per heavy atom. The molecule has 8 heteroatoms. The van der Waals surface area contributed by atoms with Crippen LogP contribution in [0.1, 0.15) is 28.8 Å². The molecule has 38 heavy (non-hydrogen) atoms. The van der Waals surface area contributed by atoms with E-state index in [-0.39, 0.29) is 5.91 Å². The minimum Gasteiger partial charge on any atom is -0.492 e. The monoisotopic (exact) mass is 529 g/mol. The van der Waals surface area contributed by atoms with Crippen molar-refractivity contribution < 1.29 is 9.53 Å². The van der Waals surface area contributed by atoms with E-state index in [9.17, 15) is 4.79 Å². The second-order valence-corrected chi connectivity index (χ2v) is 10.3. The average Bonchev–Trinajstić information content (AvgIpc) is 2.93. The van der Waals surface area contributed by atoms with Crippen molar-refractivity contribution >= 4 is 40.0 Å². The number of nitrogens with zero attached hydrogens (tertiary/aromatic N) is 3. The van der Waals surface area contributed by atoms with Crippen LogP contribution < -0.4 is 15.4 Å². The Labute approximate surface area is 228 Å². The largest absolute Gasteiger partial charge is 0.492 e. The zero-order chi connectivity index (χ0) is 26.6. The van der Waals surface area contributed by atoms with E-state index in [0.717, 1.165) is 53.5 Å². The van der Waals surface area contributed by atoms with Gasteiger partial charge >= 0.3 is 0 Å². The fourth-order valence-electron chi connectivity index (χ4n) is 4.73. The number of carbonyl (C=O) groups excluding carboxylic acids is 1. The molecule has 1 saturated heterocycles. The van der Waals surface area contributed by atoms with Gasteiger partial charge in [0.1, 0.15) is 5.75 Å². The topological polar surface area (TPSA) is 79.4 Å². The van der Waals surface area contributed by atoms with E-state index in [4.69, 9.17) is 16.3 Å². The molecule has 0 saturated carbocycles. The number of hydrogen-bond donors (Lipinski definition) is 2. The number of aromatic nitrogens is 2. The molecule has 0 radical (unpaired) electrons. The molecule has 0 bridgehead atoms. The molecule has 1 aliphatic rings. The molecule has 7 nitrogen and oxygen atoms in total. The van der Waals surface area contributed by atoms with Crippen LogP contribution in [0.15, 0.2) is 60.8 Å². The number of amides is 1. The van der Waals surface area contributed by atoms with Crippen molar-refractivity contribution in [2.75, 3.05) is 44.4 Å². The predicted molar refractivity (Wildman–Crippen MR) is 154 cm³/mol. The first-order chi connectivity index (χ1) is 18.4. The van der Waals surface area contributed by atoms with Crippen molar-refractivity contribution in [3.05, 3.63) is 76.9 Å². The van der Waals surface area contributed by atoms with Gasteiger partial charge in [0.05, 0.1) is 17.1 Å². The number of nitrogens with one attached hydrogen (secondary N) is 2. The normalized spacial score (nSPS) is 14.4. The second kappa shape index (κ2) is 11.4. The second-order valence-electron chi connectivity index (χ2n) is 9.90. The van der Waals surface area contributed by atoms with E-state index in [2.05, 4.69) is 32.5 Å². The van der Waals surface area contributed by atoms with Gasteiger partial charge in [-0.05, 0) is 98.9 Å². The fourth-order valence-corrected chi connectivity index (χ4v) is 4.90. The maximum atomic E-state index is 13.2. The third-order valence-corrected chi connectivity index (χ3v) is 7.43. The van der Waals surface area contributed by atoms with Gasteiger partial charge in [0.2, 0.25) is 5.95 Å². The lowest BCUT2D eigenvalue weighted by atomic mass is 9.97. The smallest absolute Gasteiger partial charge is 0.255 e.